The van der Waals surface area contributed by atoms with Crippen LogP contribution in [0.4, 0.5) is 0 Å². The highest BCUT2D eigenvalue weighted by molar-refractivity contribution is 5.87. The molecule has 0 saturated heterocycles. The molecule has 0 heterocycles. The monoisotopic (exact) mass is 371 g/mol. The first-order valence-corrected chi connectivity index (χ1v) is 11.4. The molecule has 1 unspecified atom stereocenters. The molecule has 0 radical (unpaired) electrons. The van der Waals surface area contributed by atoms with Gasteiger partial charge in [0.15, 0.2) is 0 Å². The van der Waals surface area contributed by atoms with Crippen LogP contribution in [0.2, 0.25) is 0 Å². The number of Topliss-reactive ketones (excluding diaryl/α,β-unsaturated/α-hetero) is 2. The zero-order chi connectivity index (χ0) is 19.2. The molecule has 0 aromatic rings. The van der Waals surface area contributed by atoms with E-state index in [1.165, 1.54) is 18.4 Å². The minimum absolute atomic E-state index is 0.0585. The Morgan fingerprint density at radius 1 is 1.07 bits per heavy atom. The van der Waals surface area contributed by atoms with Crippen LogP contribution in [0.15, 0.2) is 11.6 Å². The number of nitrogens with zero attached hydrogens (tertiary/aromatic N) is 1. The summed E-state index contributed by atoms with van der Waals surface area (Å²) in [5.74, 6) is 2.88. The molecule has 3 nitrogen and oxygen atoms in total. The Balaban J connectivity index is 1.66. The lowest BCUT2D eigenvalue weighted by Crippen LogP contribution is -2.52. The van der Waals surface area contributed by atoms with Crippen molar-refractivity contribution in [3.8, 4) is 0 Å². The van der Waals surface area contributed by atoms with E-state index in [0.29, 0.717) is 35.7 Å². The standard InChI is InChI=1S/C24H37NO2/c1-4-25(5-2)15-14-24-13-10-18(26)16-17(24)6-7-19-20-8-9-22(27)23(20,3)12-11-21(19)24/h6,19-21H,4-5,7-16H2,1-3H3/t19-,20-,21-,23-,24?/m0/s1. The summed E-state index contributed by atoms with van der Waals surface area (Å²) >= 11 is 0. The average Bonchev–Trinajstić information content (AvgIpc) is 2.98. The fourth-order valence-corrected chi connectivity index (χ4v) is 7.42. The Kier molecular flexibility index (Phi) is 5.12. The summed E-state index contributed by atoms with van der Waals surface area (Å²) in [5.41, 5.74) is 1.64. The van der Waals surface area contributed by atoms with Crippen molar-refractivity contribution in [2.75, 3.05) is 19.6 Å². The van der Waals surface area contributed by atoms with Crippen LogP contribution in [0.5, 0.6) is 0 Å². The lowest BCUT2D eigenvalue weighted by Gasteiger charge is -2.57. The summed E-state index contributed by atoms with van der Waals surface area (Å²) in [6.07, 6.45) is 11.4. The molecule has 3 saturated carbocycles. The van der Waals surface area contributed by atoms with Gasteiger partial charge in [0.25, 0.3) is 0 Å². The number of ketones is 2. The smallest absolute Gasteiger partial charge is 0.139 e. The molecule has 4 rings (SSSR count). The molecule has 3 fully saturated rings. The van der Waals surface area contributed by atoms with E-state index in [2.05, 4.69) is 31.7 Å². The van der Waals surface area contributed by atoms with Gasteiger partial charge in [0.05, 0.1) is 0 Å². The molecule has 0 aromatic heterocycles. The van der Waals surface area contributed by atoms with Crippen LogP contribution in [-0.4, -0.2) is 36.1 Å². The maximum Gasteiger partial charge on any atom is 0.139 e. The molecular weight excluding hydrogens is 334 g/mol. The molecule has 0 bridgehead atoms. The molecule has 0 aliphatic heterocycles. The predicted molar refractivity (Wildman–Crippen MR) is 108 cm³/mol. The number of rotatable bonds is 5. The maximum absolute atomic E-state index is 12.6. The molecule has 4 aliphatic rings. The van der Waals surface area contributed by atoms with Gasteiger partial charge < -0.3 is 4.90 Å². The fourth-order valence-electron chi connectivity index (χ4n) is 7.42. The molecule has 0 aromatic carbocycles. The molecule has 0 amide bonds. The van der Waals surface area contributed by atoms with E-state index >= 15 is 0 Å². The fraction of sp³-hybridized carbons (Fsp3) is 0.833. The van der Waals surface area contributed by atoms with Crippen LogP contribution in [0.3, 0.4) is 0 Å². The van der Waals surface area contributed by atoms with Gasteiger partial charge in [-0.2, -0.15) is 0 Å². The van der Waals surface area contributed by atoms with E-state index in [9.17, 15) is 9.59 Å². The summed E-state index contributed by atoms with van der Waals surface area (Å²) in [4.78, 5) is 27.4. The zero-order valence-corrected chi connectivity index (χ0v) is 17.6. The van der Waals surface area contributed by atoms with Crippen molar-refractivity contribution in [1.82, 2.24) is 4.90 Å². The van der Waals surface area contributed by atoms with Crippen molar-refractivity contribution in [2.24, 2.45) is 28.6 Å². The van der Waals surface area contributed by atoms with Crippen molar-refractivity contribution in [1.29, 1.82) is 0 Å². The summed E-state index contributed by atoms with van der Waals surface area (Å²) in [5, 5.41) is 0. The van der Waals surface area contributed by atoms with Crippen molar-refractivity contribution in [3.63, 3.8) is 0 Å². The zero-order valence-electron chi connectivity index (χ0n) is 17.6. The highest BCUT2D eigenvalue weighted by Crippen LogP contribution is 2.64. The Hall–Kier alpha value is -0.960. The van der Waals surface area contributed by atoms with Crippen molar-refractivity contribution >= 4 is 11.6 Å². The van der Waals surface area contributed by atoms with Crippen molar-refractivity contribution in [2.45, 2.75) is 78.6 Å². The topological polar surface area (TPSA) is 37.4 Å². The molecule has 0 N–H and O–H groups in total. The van der Waals surface area contributed by atoms with Gasteiger partial charge in [0.1, 0.15) is 11.6 Å². The number of carbonyl (C=O) groups is 2. The molecule has 3 heteroatoms. The average molecular weight is 372 g/mol. The third-order valence-electron chi connectivity index (χ3n) is 9.14. The minimum Gasteiger partial charge on any atom is -0.304 e. The first-order chi connectivity index (χ1) is 12.9. The quantitative estimate of drug-likeness (QED) is 0.652. The second kappa shape index (κ2) is 7.13. The minimum atomic E-state index is -0.0585. The van der Waals surface area contributed by atoms with E-state index in [1.807, 2.05) is 0 Å². The van der Waals surface area contributed by atoms with Crippen LogP contribution in [0.1, 0.15) is 78.6 Å². The van der Waals surface area contributed by atoms with Crippen LogP contribution in [0.25, 0.3) is 0 Å². The predicted octanol–water partition coefficient (Wildman–Crippen LogP) is 4.80. The largest absolute Gasteiger partial charge is 0.304 e. The van der Waals surface area contributed by atoms with Crippen LogP contribution in [0, 0.1) is 28.6 Å². The Morgan fingerprint density at radius 2 is 1.85 bits per heavy atom. The van der Waals surface area contributed by atoms with Crippen LogP contribution < -0.4 is 0 Å². The first-order valence-electron chi connectivity index (χ1n) is 11.4. The molecule has 0 spiro atoms. The summed E-state index contributed by atoms with van der Waals surface area (Å²) in [6, 6.07) is 0. The van der Waals surface area contributed by atoms with Gasteiger partial charge in [0, 0.05) is 24.7 Å². The van der Waals surface area contributed by atoms with Gasteiger partial charge >= 0.3 is 0 Å². The van der Waals surface area contributed by atoms with E-state index < -0.39 is 0 Å². The lowest BCUT2D eigenvalue weighted by atomic mass is 9.47. The first kappa shape index (κ1) is 19.4. The highest BCUT2D eigenvalue weighted by atomic mass is 16.1. The molecule has 5 atom stereocenters. The Morgan fingerprint density at radius 3 is 2.59 bits per heavy atom. The van der Waals surface area contributed by atoms with E-state index in [1.54, 1.807) is 0 Å². The lowest BCUT2D eigenvalue weighted by molar-refractivity contribution is -0.132. The molecule has 27 heavy (non-hydrogen) atoms. The van der Waals surface area contributed by atoms with Gasteiger partial charge in [-0.3, -0.25) is 9.59 Å². The maximum atomic E-state index is 12.6. The van der Waals surface area contributed by atoms with Crippen LogP contribution >= 0.6 is 0 Å². The van der Waals surface area contributed by atoms with Gasteiger partial charge in [0.2, 0.25) is 0 Å². The highest BCUT2D eigenvalue weighted by Gasteiger charge is 2.59. The van der Waals surface area contributed by atoms with Crippen molar-refractivity contribution in [3.05, 3.63) is 11.6 Å². The Labute approximate surface area is 165 Å². The number of carbonyl (C=O) groups excluding carboxylic acids is 2. The normalized spacial score (nSPS) is 41.2. The third kappa shape index (κ3) is 2.96. The Bertz CT molecular complexity index is 649. The number of hydrogen-bond donors (Lipinski definition) is 0. The SMILES string of the molecule is CCN(CC)CCC12CCC(=O)CC1=CC[C@@H]1[C@@H]2CC[C@]2(C)C(=O)CC[C@@H]12. The van der Waals surface area contributed by atoms with Crippen LogP contribution in [-0.2, 0) is 9.59 Å². The summed E-state index contributed by atoms with van der Waals surface area (Å²) < 4.78 is 0. The van der Waals surface area contributed by atoms with Gasteiger partial charge in [-0.15, -0.1) is 0 Å². The number of hydrogen-bond acceptors (Lipinski definition) is 3. The van der Waals surface area contributed by atoms with Gasteiger partial charge in [-0.05, 0) is 81.3 Å². The summed E-state index contributed by atoms with van der Waals surface area (Å²) in [6.45, 7) is 10.1. The van der Waals surface area contributed by atoms with Crippen molar-refractivity contribution < 1.29 is 9.59 Å². The molecular formula is C24H37NO2. The number of allylic oxidation sites excluding steroid dienone is 2. The number of fused-ring (bicyclic) bond motifs is 5. The molecule has 150 valence electrons. The second-order valence-corrected chi connectivity index (χ2v) is 9.91. The summed E-state index contributed by atoms with van der Waals surface area (Å²) in [7, 11) is 0. The third-order valence-corrected chi connectivity index (χ3v) is 9.14. The van der Waals surface area contributed by atoms with Gasteiger partial charge in [-0.25, -0.2) is 0 Å². The van der Waals surface area contributed by atoms with E-state index in [0.717, 1.165) is 58.2 Å². The molecule has 4 aliphatic carbocycles. The van der Waals surface area contributed by atoms with E-state index in [4.69, 9.17) is 0 Å². The van der Waals surface area contributed by atoms with Gasteiger partial charge in [-0.1, -0.05) is 32.4 Å². The second-order valence-electron chi connectivity index (χ2n) is 9.91. The van der Waals surface area contributed by atoms with E-state index in [-0.39, 0.29) is 10.8 Å².